The molecule has 2 N–H and O–H groups in total. The van der Waals surface area contributed by atoms with Crippen molar-refractivity contribution in [1.29, 1.82) is 0 Å². The van der Waals surface area contributed by atoms with Gasteiger partial charge in [-0.3, -0.25) is 9.79 Å². The SMILES string of the molecule is CN=C(NCCc1ccn(-c2ccc(F)cc2)n1)NCC1(C(=O)N(C)C)CCCC1.I. The zero-order chi connectivity index (χ0) is 21.6. The lowest BCUT2D eigenvalue weighted by molar-refractivity contribution is -0.138. The first kappa shape index (κ1) is 25.1. The fraction of sp³-hybridized carbons (Fsp3) is 0.500. The van der Waals surface area contributed by atoms with Crippen molar-refractivity contribution in [2.45, 2.75) is 32.1 Å². The summed E-state index contributed by atoms with van der Waals surface area (Å²) in [6.07, 6.45) is 6.58. The van der Waals surface area contributed by atoms with Crippen LogP contribution in [0.2, 0.25) is 0 Å². The van der Waals surface area contributed by atoms with Crippen molar-refractivity contribution >= 4 is 35.8 Å². The van der Waals surface area contributed by atoms with E-state index in [9.17, 15) is 9.18 Å². The predicted octanol–water partition coefficient (Wildman–Crippen LogP) is 2.99. The third-order valence-corrected chi connectivity index (χ3v) is 5.65. The molecule has 0 radical (unpaired) electrons. The first-order valence-corrected chi connectivity index (χ1v) is 10.4. The third-order valence-electron chi connectivity index (χ3n) is 5.65. The van der Waals surface area contributed by atoms with Gasteiger partial charge < -0.3 is 15.5 Å². The third kappa shape index (κ3) is 6.41. The molecule has 0 aliphatic heterocycles. The van der Waals surface area contributed by atoms with Gasteiger partial charge in [-0.25, -0.2) is 9.07 Å². The van der Waals surface area contributed by atoms with Crippen molar-refractivity contribution < 1.29 is 9.18 Å². The van der Waals surface area contributed by atoms with Crippen LogP contribution < -0.4 is 10.6 Å². The van der Waals surface area contributed by atoms with E-state index in [0.29, 0.717) is 19.0 Å². The molecule has 1 heterocycles. The molecule has 0 bridgehead atoms. The van der Waals surface area contributed by atoms with E-state index in [1.54, 1.807) is 28.8 Å². The minimum absolute atomic E-state index is 0. The fourth-order valence-electron chi connectivity index (χ4n) is 4.01. The Morgan fingerprint density at radius 2 is 1.87 bits per heavy atom. The summed E-state index contributed by atoms with van der Waals surface area (Å²) in [5.41, 5.74) is 1.41. The number of hydrogen-bond acceptors (Lipinski definition) is 3. The Labute approximate surface area is 200 Å². The highest BCUT2D eigenvalue weighted by atomic mass is 127. The summed E-state index contributed by atoms with van der Waals surface area (Å²) in [6.45, 7) is 1.25. The molecule has 1 amide bonds. The molecule has 1 aliphatic rings. The quantitative estimate of drug-likeness (QED) is 0.321. The van der Waals surface area contributed by atoms with E-state index in [0.717, 1.165) is 43.5 Å². The summed E-state index contributed by atoms with van der Waals surface area (Å²) in [6, 6.07) is 8.19. The van der Waals surface area contributed by atoms with Gasteiger partial charge in [0.25, 0.3) is 0 Å². The number of amides is 1. The number of carbonyl (C=O) groups excluding carboxylic acids is 1. The number of nitrogens with one attached hydrogen (secondary N) is 2. The highest BCUT2D eigenvalue weighted by Gasteiger charge is 2.42. The molecule has 1 aromatic carbocycles. The second-order valence-electron chi connectivity index (χ2n) is 8.02. The molecule has 1 aromatic heterocycles. The summed E-state index contributed by atoms with van der Waals surface area (Å²) >= 11 is 0. The number of hydrogen-bond donors (Lipinski definition) is 2. The van der Waals surface area contributed by atoms with Gasteiger partial charge in [-0.1, -0.05) is 12.8 Å². The molecule has 2 aromatic rings. The molecule has 7 nitrogen and oxygen atoms in total. The van der Waals surface area contributed by atoms with Crippen LogP contribution in [0, 0.1) is 11.2 Å². The number of aromatic nitrogens is 2. The van der Waals surface area contributed by atoms with Gasteiger partial charge in [0.15, 0.2) is 5.96 Å². The minimum atomic E-state index is -0.338. The predicted molar refractivity (Wildman–Crippen MR) is 132 cm³/mol. The second kappa shape index (κ2) is 11.4. The number of nitrogens with zero attached hydrogens (tertiary/aromatic N) is 4. The van der Waals surface area contributed by atoms with Crippen LogP contribution in [0.1, 0.15) is 31.4 Å². The molecular formula is C22H32FIN6O. The number of carbonyl (C=O) groups is 1. The van der Waals surface area contributed by atoms with E-state index >= 15 is 0 Å². The molecule has 31 heavy (non-hydrogen) atoms. The van der Waals surface area contributed by atoms with E-state index in [-0.39, 0.29) is 41.1 Å². The van der Waals surface area contributed by atoms with Crippen LogP contribution in [0.15, 0.2) is 41.5 Å². The number of benzene rings is 1. The Hall–Kier alpha value is -2.17. The summed E-state index contributed by atoms with van der Waals surface area (Å²) < 4.78 is 14.8. The highest BCUT2D eigenvalue weighted by Crippen LogP contribution is 2.38. The lowest BCUT2D eigenvalue weighted by Gasteiger charge is -2.31. The van der Waals surface area contributed by atoms with Crippen LogP contribution in [0.4, 0.5) is 4.39 Å². The molecule has 1 saturated carbocycles. The molecule has 170 valence electrons. The van der Waals surface area contributed by atoms with E-state index in [1.165, 1.54) is 12.1 Å². The van der Waals surface area contributed by atoms with Crippen LogP contribution in [-0.4, -0.2) is 60.8 Å². The Morgan fingerprint density at radius 1 is 1.19 bits per heavy atom. The zero-order valence-corrected chi connectivity index (χ0v) is 20.7. The molecule has 0 unspecified atom stereocenters. The topological polar surface area (TPSA) is 74.5 Å². The van der Waals surface area contributed by atoms with Gasteiger partial charge in [0.2, 0.25) is 5.91 Å². The van der Waals surface area contributed by atoms with Gasteiger partial charge in [0, 0.05) is 46.9 Å². The van der Waals surface area contributed by atoms with Crippen molar-refractivity contribution in [2.75, 3.05) is 34.2 Å². The monoisotopic (exact) mass is 542 g/mol. The average Bonchev–Trinajstić information content (AvgIpc) is 3.41. The minimum Gasteiger partial charge on any atom is -0.356 e. The van der Waals surface area contributed by atoms with E-state index in [4.69, 9.17) is 0 Å². The molecule has 1 aliphatic carbocycles. The fourth-order valence-corrected chi connectivity index (χ4v) is 4.01. The van der Waals surface area contributed by atoms with Crippen LogP contribution in [0.5, 0.6) is 0 Å². The van der Waals surface area contributed by atoms with Crippen molar-refractivity contribution in [3.05, 3.63) is 48.0 Å². The van der Waals surface area contributed by atoms with Crippen LogP contribution in [-0.2, 0) is 11.2 Å². The second-order valence-corrected chi connectivity index (χ2v) is 8.02. The Bertz CT molecular complexity index is 874. The van der Waals surface area contributed by atoms with Crippen LogP contribution in [0.3, 0.4) is 0 Å². The molecule has 3 rings (SSSR count). The van der Waals surface area contributed by atoms with Gasteiger partial charge in [0.05, 0.1) is 16.8 Å². The van der Waals surface area contributed by atoms with Gasteiger partial charge in [-0.2, -0.15) is 5.10 Å². The Kier molecular flexibility index (Phi) is 9.27. The first-order chi connectivity index (χ1) is 14.4. The number of aliphatic imine (C=N–C) groups is 1. The molecule has 0 spiro atoms. The lowest BCUT2D eigenvalue weighted by Crippen LogP contribution is -2.49. The smallest absolute Gasteiger partial charge is 0.230 e. The highest BCUT2D eigenvalue weighted by molar-refractivity contribution is 14.0. The maximum Gasteiger partial charge on any atom is 0.230 e. The summed E-state index contributed by atoms with van der Waals surface area (Å²) in [5.74, 6) is 0.612. The number of rotatable bonds is 7. The molecule has 1 fully saturated rings. The van der Waals surface area contributed by atoms with Gasteiger partial charge in [-0.05, 0) is 43.2 Å². The van der Waals surface area contributed by atoms with Crippen LogP contribution >= 0.6 is 24.0 Å². The normalized spacial score (nSPS) is 15.3. The van der Waals surface area contributed by atoms with Gasteiger partial charge in [-0.15, -0.1) is 24.0 Å². The summed E-state index contributed by atoms with van der Waals surface area (Å²) in [5, 5.41) is 11.2. The number of halogens is 2. The van der Waals surface area contributed by atoms with Crippen molar-refractivity contribution in [3.8, 4) is 5.69 Å². The van der Waals surface area contributed by atoms with E-state index in [1.807, 2.05) is 26.4 Å². The summed E-state index contributed by atoms with van der Waals surface area (Å²) in [7, 11) is 5.37. The molecule has 9 heteroatoms. The maximum absolute atomic E-state index is 13.1. The largest absolute Gasteiger partial charge is 0.356 e. The maximum atomic E-state index is 13.1. The Balaban J connectivity index is 0.00000341. The van der Waals surface area contributed by atoms with Crippen molar-refractivity contribution in [2.24, 2.45) is 10.4 Å². The molecule has 0 saturated heterocycles. The molecule has 0 atom stereocenters. The first-order valence-electron chi connectivity index (χ1n) is 10.4. The van der Waals surface area contributed by atoms with Crippen molar-refractivity contribution in [3.63, 3.8) is 0 Å². The van der Waals surface area contributed by atoms with E-state index < -0.39 is 0 Å². The number of guanidine groups is 1. The lowest BCUT2D eigenvalue weighted by atomic mass is 9.84. The summed E-state index contributed by atoms with van der Waals surface area (Å²) in [4.78, 5) is 18.7. The molecular weight excluding hydrogens is 510 g/mol. The Morgan fingerprint density at radius 3 is 2.48 bits per heavy atom. The van der Waals surface area contributed by atoms with Gasteiger partial charge >= 0.3 is 0 Å². The van der Waals surface area contributed by atoms with Crippen molar-refractivity contribution in [1.82, 2.24) is 25.3 Å². The van der Waals surface area contributed by atoms with Crippen LogP contribution in [0.25, 0.3) is 5.69 Å². The van der Waals surface area contributed by atoms with Gasteiger partial charge in [0.1, 0.15) is 5.82 Å². The average molecular weight is 542 g/mol. The zero-order valence-electron chi connectivity index (χ0n) is 18.4. The standard InChI is InChI=1S/C22H31FN6O.HI/c1-24-21(26-16-22(12-4-5-13-22)20(30)28(2)3)25-14-10-18-11-15-29(27-18)19-8-6-17(23)7-9-19;/h6-9,11,15H,4-5,10,12-14,16H2,1-3H3,(H2,24,25,26);1H. The van der Waals surface area contributed by atoms with E-state index in [2.05, 4.69) is 20.7 Å².